The fourth-order valence-electron chi connectivity index (χ4n) is 4.34. The van der Waals surface area contributed by atoms with Gasteiger partial charge >= 0.3 is 0 Å². The molecular formula is C19H19F2N. The van der Waals surface area contributed by atoms with E-state index in [-0.39, 0.29) is 17.6 Å². The number of halogens is 2. The first-order chi connectivity index (χ1) is 10.6. The van der Waals surface area contributed by atoms with E-state index in [1.54, 1.807) is 12.1 Å². The quantitative estimate of drug-likeness (QED) is 0.765. The lowest BCUT2D eigenvalue weighted by Crippen LogP contribution is -2.36. The van der Waals surface area contributed by atoms with E-state index in [1.807, 2.05) is 18.2 Å². The van der Waals surface area contributed by atoms with Crippen molar-refractivity contribution in [1.82, 2.24) is 4.90 Å². The lowest BCUT2D eigenvalue weighted by molar-refractivity contribution is 0.191. The van der Waals surface area contributed by atoms with Crippen molar-refractivity contribution in [3.05, 3.63) is 70.8 Å². The van der Waals surface area contributed by atoms with Gasteiger partial charge in [-0.3, -0.25) is 0 Å². The SMILES string of the molecule is CN1CC[C@@H]2C(c3ccc(F)cc3)c3ccc(F)cc3[C@H]2C1. The summed E-state index contributed by atoms with van der Waals surface area (Å²) >= 11 is 0. The summed E-state index contributed by atoms with van der Waals surface area (Å²) in [5, 5.41) is 0. The third-order valence-corrected chi connectivity index (χ3v) is 5.31. The molecule has 0 spiro atoms. The molecule has 2 aromatic carbocycles. The van der Waals surface area contributed by atoms with Gasteiger partial charge in [0.05, 0.1) is 0 Å². The number of fused-ring (bicyclic) bond motifs is 3. The molecule has 114 valence electrons. The van der Waals surface area contributed by atoms with E-state index in [4.69, 9.17) is 0 Å². The molecule has 1 aliphatic heterocycles. The minimum Gasteiger partial charge on any atom is -0.306 e. The van der Waals surface area contributed by atoms with Gasteiger partial charge in [0, 0.05) is 18.4 Å². The van der Waals surface area contributed by atoms with Gasteiger partial charge in [-0.2, -0.15) is 0 Å². The van der Waals surface area contributed by atoms with Crippen molar-refractivity contribution in [2.75, 3.05) is 20.1 Å². The van der Waals surface area contributed by atoms with Crippen LogP contribution in [0.4, 0.5) is 8.78 Å². The summed E-state index contributed by atoms with van der Waals surface area (Å²) in [4.78, 5) is 2.32. The summed E-state index contributed by atoms with van der Waals surface area (Å²) < 4.78 is 27.0. The largest absolute Gasteiger partial charge is 0.306 e. The summed E-state index contributed by atoms with van der Waals surface area (Å²) in [7, 11) is 2.13. The molecule has 3 heteroatoms. The fourth-order valence-corrected chi connectivity index (χ4v) is 4.34. The first-order valence-corrected chi connectivity index (χ1v) is 7.87. The number of benzene rings is 2. The lowest BCUT2D eigenvalue weighted by Gasteiger charge is -2.35. The van der Waals surface area contributed by atoms with Crippen molar-refractivity contribution in [3.8, 4) is 0 Å². The second-order valence-electron chi connectivity index (χ2n) is 6.62. The Labute approximate surface area is 129 Å². The third kappa shape index (κ3) is 2.15. The van der Waals surface area contributed by atoms with Crippen LogP contribution in [0.15, 0.2) is 42.5 Å². The molecule has 0 saturated carbocycles. The average molecular weight is 299 g/mol. The van der Waals surface area contributed by atoms with Crippen LogP contribution in [0.1, 0.15) is 34.9 Å². The van der Waals surface area contributed by atoms with Crippen molar-refractivity contribution in [2.45, 2.75) is 18.3 Å². The second kappa shape index (κ2) is 5.17. The number of likely N-dealkylation sites (tertiary alicyclic amines) is 1. The van der Waals surface area contributed by atoms with Gasteiger partial charge in [0.2, 0.25) is 0 Å². The van der Waals surface area contributed by atoms with Crippen LogP contribution in [0, 0.1) is 17.6 Å². The monoisotopic (exact) mass is 299 g/mol. The van der Waals surface area contributed by atoms with E-state index in [0.29, 0.717) is 11.8 Å². The molecule has 2 aromatic rings. The van der Waals surface area contributed by atoms with E-state index in [0.717, 1.165) is 30.6 Å². The van der Waals surface area contributed by atoms with Crippen molar-refractivity contribution < 1.29 is 8.78 Å². The maximum atomic E-state index is 13.7. The van der Waals surface area contributed by atoms with Gasteiger partial charge in [-0.05, 0) is 66.9 Å². The van der Waals surface area contributed by atoms with Crippen molar-refractivity contribution in [1.29, 1.82) is 0 Å². The Morgan fingerprint density at radius 3 is 2.45 bits per heavy atom. The van der Waals surface area contributed by atoms with Gasteiger partial charge in [0.25, 0.3) is 0 Å². The summed E-state index contributed by atoms with van der Waals surface area (Å²) in [6.45, 7) is 2.04. The molecule has 1 heterocycles. The van der Waals surface area contributed by atoms with Crippen LogP contribution in [-0.2, 0) is 0 Å². The van der Waals surface area contributed by atoms with Gasteiger partial charge in [-0.15, -0.1) is 0 Å². The van der Waals surface area contributed by atoms with Crippen LogP contribution >= 0.6 is 0 Å². The molecule has 0 bridgehead atoms. The standard InChI is InChI=1S/C19H19F2N/c1-22-9-8-16-18(11-22)17-10-14(21)6-7-15(17)19(16)12-2-4-13(20)5-3-12/h2-7,10,16,18-19H,8-9,11H2,1H3/t16-,18-,19?/m0/s1. The third-order valence-electron chi connectivity index (χ3n) is 5.31. The zero-order valence-corrected chi connectivity index (χ0v) is 12.6. The molecule has 1 aliphatic carbocycles. The molecule has 4 rings (SSSR count). The molecule has 0 aromatic heterocycles. The molecule has 1 saturated heterocycles. The molecule has 1 unspecified atom stereocenters. The maximum Gasteiger partial charge on any atom is 0.123 e. The first kappa shape index (κ1) is 13.9. The smallest absolute Gasteiger partial charge is 0.123 e. The van der Waals surface area contributed by atoms with E-state index in [2.05, 4.69) is 11.9 Å². The van der Waals surface area contributed by atoms with Gasteiger partial charge in [-0.25, -0.2) is 8.78 Å². The van der Waals surface area contributed by atoms with Gasteiger partial charge < -0.3 is 4.90 Å². The Morgan fingerprint density at radius 2 is 1.68 bits per heavy atom. The number of likely N-dealkylation sites (N-methyl/N-ethyl adjacent to an activating group) is 1. The number of nitrogens with zero attached hydrogens (tertiary/aromatic N) is 1. The number of piperidine rings is 1. The van der Waals surface area contributed by atoms with E-state index in [9.17, 15) is 8.78 Å². The Hall–Kier alpha value is -1.74. The van der Waals surface area contributed by atoms with E-state index in [1.165, 1.54) is 17.7 Å². The molecule has 1 fully saturated rings. The highest BCUT2D eigenvalue weighted by Crippen LogP contribution is 2.52. The van der Waals surface area contributed by atoms with Gasteiger partial charge in [-0.1, -0.05) is 18.2 Å². The van der Waals surface area contributed by atoms with E-state index >= 15 is 0 Å². The lowest BCUT2D eigenvalue weighted by atomic mass is 9.78. The van der Waals surface area contributed by atoms with Crippen LogP contribution in [-0.4, -0.2) is 25.0 Å². The summed E-state index contributed by atoms with van der Waals surface area (Å²) in [6.07, 6.45) is 1.10. The maximum absolute atomic E-state index is 13.7. The number of rotatable bonds is 1. The van der Waals surface area contributed by atoms with Crippen LogP contribution < -0.4 is 0 Å². The zero-order chi connectivity index (χ0) is 15.3. The Morgan fingerprint density at radius 1 is 0.955 bits per heavy atom. The molecular weight excluding hydrogens is 280 g/mol. The molecule has 2 aliphatic rings. The topological polar surface area (TPSA) is 3.24 Å². The van der Waals surface area contributed by atoms with Crippen molar-refractivity contribution in [2.24, 2.45) is 5.92 Å². The number of hydrogen-bond acceptors (Lipinski definition) is 1. The first-order valence-electron chi connectivity index (χ1n) is 7.87. The van der Waals surface area contributed by atoms with E-state index < -0.39 is 0 Å². The fraction of sp³-hybridized carbons (Fsp3) is 0.368. The van der Waals surface area contributed by atoms with Crippen LogP contribution in [0.25, 0.3) is 0 Å². The average Bonchev–Trinajstić information content (AvgIpc) is 2.81. The highest BCUT2D eigenvalue weighted by Gasteiger charge is 2.43. The summed E-state index contributed by atoms with van der Waals surface area (Å²) in [6, 6.07) is 12.0. The highest BCUT2D eigenvalue weighted by atomic mass is 19.1. The molecule has 0 radical (unpaired) electrons. The van der Waals surface area contributed by atoms with Gasteiger partial charge in [0.15, 0.2) is 0 Å². The summed E-state index contributed by atoms with van der Waals surface area (Å²) in [5.41, 5.74) is 3.51. The summed E-state index contributed by atoms with van der Waals surface area (Å²) in [5.74, 6) is 0.749. The minimum atomic E-state index is -0.207. The van der Waals surface area contributed by atoms with Crippen molar-refractivity contribution >= 4 is 0 Å². The van der Waals surface area contributed by atoms with Crippen LogP contribution in [0.5, 0.6) is 0 Å². The van der Waals surface area contributed by atoms with Crippen molar-refractivity contribution in [3.63, 3.8) is 0 Å². The molecule has 0 amide bonds. The molecule has 22 heavy (non-hydrogen) atoms. The number of hydrogen-bond donors (Lipinski definition) is 0. The molecule has 0 N–H and O–H groups in total. The second-order valence-corrected chi connectivity index (χ2v) is 6.62. The predicted molar refractivity (Wildman–Crippen MR) is 83.0 cm³/mol. The van der Waals surface area contributed by atoms with Crippen LogP contribution in [0.3, 0.4) is 0 Å². The predicted octanol–water partition coefficient (Wildman–Crippen LogP) is 4.15. The minimum absolute atomic E-state index is 0.162. The normalized spacial score (nSPS) is 27.5. The Balaban J connectivity index is 1.83. The Bertz CT molecular complexity index is 695. The Kier molecular flexibility index (Phi) is 3.26. The van der Waals surface area contributed by atoms with Crippen LogP contribution in [0.2, 0.25) is 0 Å². The molecule has 1 nitrogen and oxygen atoms in total. The van der Waals surface area contributed by atoms with Gasteiger partial charge in [0.1, 0.15) is 11.6 Å². The molecule has 3 atom stereocenters. The highest BCUT2D eigenvalue weighted by molar-refractivity contribution is 5.47. The zero-order valence-electron chi connectivity index (χ0n) is 12.6.